The largest absolute Gasteiger partial charge is 0.393 e. The van der Waals surface area contributed by atoms with Crippen molar-refractivity contribution in [1.82, 2.24) is 5.01 Å². The van der Waals surface area contributed by atoms with E-state index in [4.69, 9.17) is 10.9 Å². The van der Waals surface area contributed by atoms with Gasteiger partial charge in [0, 0.05) is 13.1 Å². The minimum Gasteiger partial charge on any atom is -0.393 e. The van der Waals surface area contributed by atoms with E-state index in [2.05, 4.69) is 0 Å². The van der Waals surface area contributed by atoms with Gasteiger partial charge in [0.2, 0.25) is 0 Å². The second-order valence-electron chi connectivity index (χ2n) is 2.78. The maximum Gasteiger partial charge on any atom is 0.0553 e. The summed E-state index contributed by atoms with van der Waals surface area (Å²) in [5, 5.41) is 10.8. The highest BCUT2D eigenvalue weighted by Gasteiger charge is 2.23. The van der Waals surface area contributed by atoms with Gasteiger partial charge in [0.05, 0.1) is 6.10 Å². The van der Waals surface area contributed by atoms with Gasteiger partial charge < -0.3 is 5.11 Å². The number of nitrogens with zero attached hydrogens (tertiary/aromatic N) is 1. The van der Waals surface area contributed by atoms with Gasteiger partial charge >= 0.3 is 0 Å². The van der Waals surface area contributed by atoms with Crippen molar-refractivity contribution in [1.29, 1.82) is 0 Å². The molecule has 1 aliphatic heterocycles. The fraction of sp³-hybridized carbons (Fsp3) is 1.00. The van der Waals surface area contributed by atoms with Crippen molar-refractivity contribution in [2.45, 2.75) is 19.4 Å². The lowest BCUT2D eigenvalue weighted by atomic mass is 10.0. The number of aliphatic hydroxyl groups is 1. The van der Waals surface area contributed by atoms with Crippen molar-refractivity contribution >= 4 is 0 Å². The number of nitrogens with two attached hydrogens (primary N) is 1. The Morgan fingerprint density at radius 3 is 2.67 bits per heavy atom. The summed E-state index contributed by atoms with van der Waals surface area (Å²) in [6.07, 6.45) is 0.840. The van der Waals surface area contributed by atoms with E-state index in [1.165, 1.54) is 0 Å². The van der Waals surface area contributed by atoms with Gasteiger partial charge in [0.1, 0.15) is 0 Å². The molecule has 3 N–H and O–H groups in total. The third kappa shape index (κ3) is 1.64. The number of aliphatic hydroxyl groups excluding tert-OH is 1. The van der Waals surface area contributed by atoms with Crippen LogP contribution in [0.2, 0.25) is 0 Å². The molecular formula is C6H14N2O. The lowest BCUT2D eigenvalue weighted by molar-refractivity contribution is 0.128. The van der Waals surface area contributed by atoms with Gasteiger partial charge in [-0.3, -0.25) is 5.84 Å². The Morgan fingerprint density at radius 2 is 2.44 bits per heavy atom. The van der Waals surface area contributed by atoms with E-state index in [-0.39, 0.29) is 6.10 Å². The first kappa shape index (κ1) is 6.99. The van der Waals surface area contributed by atoms with Crippen LogP contribution in [0, 0.1) is 5.92 Å². The van der Waals surface area contributed by atoms with Crippen LogP contribution in [0.3, 0.4) is 0 Å². The van der Waals surface area contributed by atoms with E-state index in [0.717, 1.165) is 19.5 Å². The van der Waals surface area contributed by atoms with Crippen LogP contribution in [-0.2, 0) is 0 Å². The van der Waals surface area contributed by atoms with E-state index < -0.39 is 0 Å². The molecule has 2 atom stereocenters. The molecule has 9 heavy (non-hydrogen) atoms. The second kappa shape index (κ2) is 2.64. The van der Waals surface area contributed by atoms with Crippen molar-refractivity contribution in [2.24, 2.45) is 11.8 Å². The molecule has 0 aromatic heterocycles. The van der Waals surface area contributed by atoms with Crippen molar-refractivity contribution in [3.05, 3.63) is 0 Å². The van der Waals surface area contributed by atoms with Gasteiger partial charge in [-0.05, 0) is 19.3 Å². The van der Waals surface area contributed by atoms with Crippen LogP contribution in [0.25, 0.3) is 0 Å². The molecule has 1 rings (SSSR count). The average molecular weight is 130 g/mol. The highest BCUT2D eigenvalue weighted by molar-refractivity contribution is 4.75. The summed E-state index contributed by atoms with van der Waals surface area (Å²) in [5.41, 5.74) is 0. The molecule has 3 nitrogen and oxygen atoms in total. The Labute approximate surface area is 55.4 Å². The summed E-state index contributed by atoms with van der Waals surface area (Å²) in [6, 6.07) is 0. The smallest absolute Gasteiger partial charge is 0.0553 e. The zero-order valence-corrected chi connectivity index (χ0v) is 5.75. The highest BCUT2D eigenvalue weighted by atomic mass is 16.3. The summed E-state index contributed by atoms with van der Waals surface area (Å²) < 4.78 is 0. The first-order valence-electron chi connectivity index (χ1n) is 3.38. The predicted octanol–water partition coefficient (Wildman–Crippen LogP) is -0.437. The SMILES string of the molecule is CC(O)C1CCN(N)C1. The van der Waals surface area contributed by atoms with E-state index >= 15 is 0 Å². The van der Waals surface area contributed by atoms with Crippen LogP contribution in [0.1, 0.15) is 13.3 Å². The van der Waals surface area contributed by atoms with Crippen LogP contribution >= 0.6 is 0 Å². The number of hydrogen-bond donors (Lipinski definition) is 2. The normalized spacial score (nSPS) is 33.0. The minimum absolute atomic E-state index is 0.196. The van der Waals surface area contributed by atoms with Crippen LogP contribution < -0.4 is 5.84 Å². The van der Waals surface area contributed by atoms with E-state index in [0.29, 0.717) is 5.92 Å². The Morgan fingerprint density at radius 1 is 1.78 bits per heavy atom. The van der Waals surface area contributed by atoms with Gasteiger partial charge in [0.25, 0.3) is 0 Å². The number of hydrazine groups is 1. The quantitative estimate of drug-likeness (QED) is 0.473. The fourth-order valence-electron chi connectivity index (χ4n) is 1.21. The zero-order chi connectivity index (χ0) is 6.85. The maximum atomic E-state index is 9.09. The molecular weight excluding hydrogens is 116 g/mol. The molecule has 2 unspecified atom stereocenters. The number of rotatable bonds is 1. The molecule has 0 saturated carbocycles. The first-order chi connectivity index (χ1) is 4.20. The first-order valence-corrected chi connectivity index (χ1v) is 3.38. The summed E-state index contributed by atoms with van der Waals surface area (Å²) in [4.78, 5) is 0. The molecule has 0 aromatic rings. The summed E-state index contributed by atoms with van der Waals surface area (Å²) in [6.45, 7) is 3.59. The molecule has 0 aliphatic carbocycles. The topological polar surface area (TPSA) is 49.5 Å². The predicted molar refractivity (Wildman–Crippen MR) is 35.5 cm³/mol. The summed E-state index contributed by atoms with van der Waals surface area (Å²) in [5.74, 6) is 5.88. The molecule has 0 amide bonds. The highest BCUT2D eigenvalue weighted by Crippen LogP contribution is 2.16. The van der Waals surface area contributed by atoms with E-state index in [1.807, 2.05) is 6.92 Å². The molecule has 1 fully saturated rings. The van der Waals surface area contributed by atoms with E-state index in [1.54, 1.807) is 5.01 Å². The molecule has 1 heterocycles. The molecule has 54 valence electrons. The van der Waals surface area contributed by atoms with Crippen LogP contribution in [0.15, 0.2) is 0 Å². The van der Waals surface area contributed by atoms with Gasteiger partial charge in [-0.1, -0.05) is 0 Å². The Balaban J connectivity index is 2.30. The molecule has 0 aromatic carbocycles. The molecule has 0 spiro atoms. The van der Waals surface area contributed by atoms with Crippen molar-refractivity contribution in [3.8, 4) is 0 Å². The molecule has 1 aliphatic rings. The standard InChI is InChI=1S/C6H14N2O/c1-5(9)6-2-3-8(7)4-6/h5-6,9H,2-4,7H2,1H3. The van der Waals surface area contributed by atoms with Crippen LogP contribution in [0.4, 0.5) is 0 Å². The Kier molecular flexibility index (Phi) is 2.05. The minimum atomic E-state index is -0.196. The van der Waals surface area contributed by atoms with Gasteiger partial charge in [-0.15, -0.1) is 0 Å². The zero-order valence-electron chi connectivity index (χ0n) is 5.75. The monoisotopic (exact) mass is 130 g/mol. The molecule has 1 saturated heterocycles. The van der Waals surface area contributed by atoms with Gasteiger partial charge in [-0.2, -0.15) is 0 Å². The third-order valence-electron chi connectivity index (χ3n) is 1.94. The van der Waals surface area contributed by atoms with Crippen molar-refractivity contribution < 1.29 is 5.11 Å². The maximum absolute atomic E-state index is 9.09. The lowest BCUT2D eigenvalue weighted by Crippen LogP contribution is -2.29. The molecule has 0 bridgehead atoms. The van der Waals surface area contributed by atoms with Gasteiger partial charge in [0.15, 0.2) is 0 Å². The Hall–Kier alpha value is -0.120. The second-order valence-corrected chi connectivity index (χ2v) is 2.78. The fourth-order valence-corrected chi connectivity index (χ4v) is 1.21. The van der Waals surface area contributed by atoms with Crippen molar-refractivity contribution in [2.75, 3.05) is 13.1 Å². The van der Waals surface area contributed by atoms with Crippen molar-refractivity contribution in [3.63, 3.8) is 0 Å². The third-order valence-corrected chi connectivity index (χ3v) is 1.94. The van der Waals surface area contributed by atoms with E-state index in [9.17, 15) is 0 Å². The number of hydrogen-bond acceptors (Lipinski definition) is 3. The molecule has 3 heteroatoms. The Bertz CT molecular complexity index is 95.1. The average Bonchev–Trinajstić information content (AvgIpc) is 2.14. The van der Waals surface area contributed by atoms with Crippen LogP contribution in [0.5, 0.6) is 0 Å². The summed E-state index contributed by atoms with van der Waals surface area (Å²) >= 11 is 0. The van der Waals surface area contributed by atoms with Gasteiger partial charge in [-0.25, -0.2) is 5.01 Å². The summed E-state index contributed by atoms with van der Waals surface area (Å²) in [7, 11) is 0. The lowest BCUT2D eigenvalue weighted by Gasteiger charge is -2.11. The van der Waals surface area contributed by atoms with Crippen LogP contribution in [-0.4, -0.2) is 29.3 Å². The molecule has 0 radical (unpaired) electrons.